The molecule has 1 unspecified atom stereocenters. The monoisotopic (exact) mass is 499 g/mol. The van der Waals surface area contributed by atoms with Crippen molar-refractivity contribution in [1.82, 2.24) is 20.5 Å². The van der Waals surface area contributed by atoms with Crippen molar-refractivity contribution in [1.29, 1.82) is 0 Å². The van der Waals surface area contributed by atoms with Crippen molar-refractivity contribution in [2.45, 2.75) is 50.6 Å². The third kappa shape index (κ3) is 6.78. The molecule has 2 aliphatic rings. The third-order valence-corrected chi connectivity index (χ3v) is 6.72. The fourth-order valence-corrected chi connectivity index (χ4v) is 4.62. The van der Waals surface area contributed by atoms with E-state index in [0.717, 1.165) is 25.7 Å². The maximum absolute atomic E-state index is 13.0. The van der Waals surface area contributed by atoms with Gasteiger partial charge in [0.2, 0.25) is 17.7 Å². The number of hydrogen-bond acceptors (Lipinski definition) is 7. The number of thiazole rings is 1. The Balaban J connectivity index is 1.30. The molecule has 11 heteroatoms. The first kappa shape index (κ1) is 24.6. The van der Waals surface area contributed by atoms with Gasteiger partial charge in [0.15, 0.2) is 5.13 Å². The molecule has 1 aromatic heterocycles. The number of methoxy groups -OCH3 is 1. The Hall–Kier alpha value is -3.47. The number of amides is 4. The molecule has 0 bridgehead atoms. The lowest BCUT2D eigenvalue weighted by molar-refractivity contribution is -0.128. The summed E-state index contributed by atoms with van der Waals surface area (Å²) in [6.45, 7) is 0.548. The molecule has 2 heterocycles. The van der Waals surface area contributed by atoms with Gasteiger partial charge in [-0.1, -0.05) is 0 Å². The predicted molar refractivity (Wildman–Crippen MR) is 130 cm³/mol. The second-order valence-corrected chi connectivity index (χ2v) is 9.53. The van der Waals surface area contributed by atoms with Crippen molar-refractivity contribution in [3.63, 3.8) is 0 Å². The topological polar surface area (TPSA) is 130 Å². The van der Waals surface area contributed by atoms with Crippen LogP contribution in [0.15, 0.2) is 29.6 Å². The summed E-state index contributed by atoms with van der Waals surface area (Å²) in [7, 11) is 1.56. The molecule has 186 valence electrons. The van der Waals surface area contributed by atoms with Crippen LogP contribution in [-0.2, 0) is 20.8 Å². The highest BCUT2D eigenvalue weighted by Gasteiger charge is 2.34. The van der Waals surface area contributed by atoms with Crippen LogP contribution >= 0.6 is 11.3 Å². The zero-order chi connectivity index (χ0) is 24.8. The van der Waals surface area contributed by atoms with Gasteiger partial charge < -0.3 is 25.6 Å². The Morgan fingerprint density at radius 3 is 2.63 bits per heavy atom. The zero-order valence-electron chi connectivity index (χ0n) is 19.5. The van der Waals surface area contributed by atoms with Crippen molar-refractivity contribution in [2.24, 2.45) is 0 Å². The number of carbonyl (C=O) groups excluding carboxylic acids is 4. The lowest BCUT2D eigenvalue weighted by Gasteiger charge is -2.21. The van der Waals surface area contributed by atoms with Gasteiger partial charge in [0.1, 0.15) is 18.3 Å². The number of nitrogens with zero attached hydrogens (tertiary/aromatic N) is 2. The van der Waals surface area contributed by atoms with Crippen LogP contribution < -0.4 is 20.7 Å². The Bertz CT molecular complexity index is 1080. The molecule has 1 atom stereocenters. The number of anilines is 1. The van der Waals surface area contributed by atoms with E-state index in [1.807, 2.05) is 0 Å². The van der Waals surface area contributed by atoms with Gasteiger partial charge in [0.25, 0.3) is 5.91 Å². The first-order chi connectivity index (χ1) is 16.9. The highest BCUT2D eigenvalue weighted by molar-refractivity contribution is 7.13. The van der Waals surface area contributed by atoms with Crippen LogP contribution in [0, 0.1) is 0 Å². The number of benzene rings is 1. The molecule has 1 aliphatic carbocycles. The fraction of sp³-hybridized carbons (Fsp3) is 0.458. The van der Waals surface area contributed by atoms with E-state index in [1.54, 1.807) is 41.7 Å². The smallest absolute Gasteiger partial charge is 0.254 e. The van der Waals surface area contributed by atoms with Gasteiger partial charge in [-0.15, -0.1) is 11.3 Å². The maximum atomic E-state index is 13.0. The first-order valence-corrected chi connectivity index (χ1v) is 12.6. The minimum atomic E-state index is -0.528. The number of carbonyl (C=O) groups is 4. The third-order valence-electron chi connectivity index (χ3n) is 5.91. The molecule has 1 aromatic carbocycles. The van der Waals surface area contributed by atoms with Crippen molar-refractivity contribution in [2.75, 3.05) is 25.5 Å². The number of nitrogens with one attached hydrogen (secondary N) is 3. The quantitative estimate of drug-likeness (QED) is 0.482. The minimum Gasteiger partial charge on any atom is -0.497 e. The second kappa shape index (κ2) is 11.3. The van der Waals surface area contributed by atoms with Crippen LogP contribution in [0.25, 0.3) is 0 Å². The fourth-order valence-electron chi connectivity index (χ4n) is 3.90. The standard InChI is InChI=1S/C24H29N5O5S/c1-34-18-9-5-15(6-10-18)23(33)29(17-7-8-17)13-21(31)28-24-26-16(14-35-24)12-20(30)27-19-4-2-3-11-25-22(19)32/h5-6,9-10,14,17,19H,2-4,7-8,11-13H2,1H3,(H,25,32)(H,27,30)(H,26,28,31). The van der Waals surface area contributed by atoms with E-state index < -0.39 is 6.04 Å². The van der Waals surface area contributed by atoms with Crippen LogP contribution in [0.4, 0.5) is 5.13 Å². The lowest BCUT2D eigenvalue weighted by atomic mass is 10.1. The summed E-state index contributed by atoms with van der Waals surface area (Å²) in [6, 6.07) is 6.32. The Labute approximate surface area is 207 Å². The van der Waals surface area contributed by atoms with E-state index in [2.05, 4.69) is 20.9 Å². The van der Waals surface area contributed by atoms with Gasteiger partial charge in [0.05, 0.1) is 19.2 Å². The van der Waals surface area contributed by atoms with Gasteiger partial charge >= 0.3 is 0 Å². The molecule has 4 amide bonds. The van der Waals surface area contributed by atoms with Crippen LogP contribution in [0.1, 0.15) is 48.2 Å². The molecule has 1 saturated heterocycles. The second-order valence-electron chi connectivity index (χ2n) is 8.67. The Morgan fingerprint density at radius 1 is 1.14 bits per heavy atom. The minimum absolute atomic E-state index is 0.0142. The summed E-state index contributed by atoms with van der Waals surface area (Å²) in [6.07, 6.45) is 4.13. The van der Waals surface area contributed by atoms with E-state index in [1.165, 1.54) is 11.3 Å². The van der Waals surface area contributed by atoms with E-state index in [4.69, 9.17) is 4.74 Å². The van der Waals surface area contributed by atoms with Crippen LogP contribution in [-0.4, -0.2) is 65.8 Å². The molecule has 10 nitrogen and oxygen atoms in total. The average Bonchev–Trinajstić information content (AvgIpc) is 3.63. The number of aromatic nitrogens is 1. The highest BCUT2D eigenvalue weighted by atomic mass is 32.1. The molecule has 35 heavy (non-hydrogen) atoms. The molecule has 4 rings (SSSR count). The van der Waals surface area contributed by atoms with Gasteiger partial charge in [-0.05, 0) is 56.4 Å². The summed E-state index contributed by atoms with van der Waals surface area (Å²) in [5.41, 5.74) is 1.00. The number of hydrogen-bond donors (Lipinski definition) is 3. The molecule has 2 aromatic rings. The summed E-state index contributed by atoms with van der Waals surface area (Å²) >= 11 is 1.21. The van der Waals surface area contributed by atoms with Crippen LogP contribution in [0.2, 0.25) is 0 Å². The molecule has 1 saturated carbocycles. The van der Waals surface area contributed by atoms with Crippen molar-refractivity contribution in [3.05, 3.63) is 40.9 Å². The molecule has 2 fully saturated rings. The maximum Gasteiger partial charge on any atom is 0.254 e. The Morgan fingerprint density at radius 2 is 1.91 bits per heavy atom. The molecular weight excluding hydrogens is 470 g/mol. The van der Waals surface area contributed by atoms with Crippen molar-refractivity contribution in [3.8, 4) is 5.75 Å². The van der Waals surface area contributed by atoms with Crippen molar-refractivity contribution < 1.29 is 23.9 Å². The van der Waals surface area contributed by atoms with Gasteiger partial charge in [-0.3, -0.25) is 19.2 Å². The molecule has 1 aliphatic heterocycles. The Kier molecular flexibility index (Phi) is 7.96. The molecule has 0 spiro atoms. The first-order valence-electron chi connectivity index (χ1n) is 11.7. The number of rotatable bonds is 9. The van der Waals surface area contributed by atoms with E-state index in [9.17, 15) is 19.2 Å². The predicted octanol–water partition coefficient (Wildman–Crippen LogP) is 1.72. The normalized spacial score (nSPS) is 17.6. The van der Waals surface area contributed by atoms with E-state index in [0.29, 0.717) is 35.1 Å². The van der Waals surface area contributed by atoms with Crippen LogP contribution in [0.3, 0.4) is 0 Å². The number of ether oxygens (including phenoxy) is 1. The summed E-state index contributed by atoms with van der Waals surface area (Å²) in [5, 5.41) is 10.3. The van der Waals surface area contributed by atoms with Crippen LogP contribution in [0.5, 0.6) is 5.75 Å². The average molecular weight is 500 g/mol. The molecular formula is C24H29N5O5S. The largest absolute Gasteiger partial charge is 0.497 e. The van der Waals surface area contributed by atoms with Crippen molar-refractivity contribution >= 4 is 40.1 Å². The lowest BCUT2D eigenvalue weighted by Crippen LogP contribution is -2.46. The SMILES string of the molecule is COc1ccc(C(=O)N(CC(=O)Nc2nc(CC(=O)NC3CCCCNC3=O)cs2)C2CC2)cc1. The van der Waals surface area contributed by atoms with Gasteiger partial charge in [-0.2, -0.15) is 0 Å². The summed E-state index contributed by atoms with van der Waals surface area (Å²) in [4.78, 5) is 55.9. The summed E-state index contributed by atoms with van der Waals surface area (Å²) in [5.74, 6) is -0.349. The highest BCUT2D eigenvalue weighted by Crippen LogP contribution is 2.28. The van der Waals surface area contributed by atoms with Gasteiger partial charge in [-0.25, -0.2) is 4.98 Å². The molecule has 3 N–H and O–H groups in total. The van der Waals surface area contributed by atoms with Gasteiger partial charge in [0, 0.05) is 23.5 Å². The summed E-state index contributed by atoms with van der Waals surface area (Å²) < 4.78 is 5.14. The molecule has 0 radical (unpaired) electrons. The van der Waals surface area contributed by atoms with E-state index in [-0.39, 0.29) is 42.6 Å². The van der Waals surface area contributed by atoms with E-state index >= 15 is 0 Å². The zero-order valence-corrected chi connectivity index (χ0v) is 20.4.